The van der Waals surface area contributed by atoms with Crippen molar-refractivity contribution < 1.29 is 17.6 Å². The maximum Gasteiger partial charge on any atom is 0.232 e. The summed E-state index contributed by atoms with van der Waals surface area (Å²) in [5.74, 6) is 2.43. The Kier molecular flexibility index (Phi) is 8.06. The van der Waals surface area contributed by atoms with Crippen LogP contribution in [0.1, 0.15) is 18.6 Å². The normalized spacial score (nSPS) is 11.3. The maximum absolute atomic E-state index is 12.0. The van der Waals surface area contributed by atoms with Crippen molar-refractivity contribution in [2.75, 3.05) is 29.4 Å². The quantitative estimate of drug-likeness (QED) is 0.591. The van der Waals surface area contributed by atoms with Gasteiger partial charge < -0.3 is 9.73 Å². The molecule has 1 N–H and O–H groups in total. The van der Waals surface area contributed by atoms with Gasteiger partial charge in [0, 0.05) is 25.3 Å². The van der Waals surface area contributed by atoms with E-state index < -0.39 is 10.0 Å². The first-order chi connectivity index (χ1) is 12.5. The highest BCUT2D eigenvalue weighted by Gasteiger charge is 2.17. The molecule has 26 heavy (non-hydrogen) atoms. The van der Waals surface area contributed by atoms with Crippen molar-refractivity contribution in [3.8, 4) is 0 Å². The number of rotatable bonds is 11. The van der Waals surface area contributed by atoms with Crippen LogP contribution in [0.15, 0.2) is 53.1 Å². The molecule has 0 spiro atoms. The number of amides is 1. The van der Waals surface area contributed by atoms with E-state index in [1.165, 1.54) is 10.6 Å². The third-order valence-electron chi connectivity index (χ3n) is 3.60. The van der Waals surface area contributed by atoms with E-state index in [0.29, 0.717) is 25.1 Å². The van der Waals surface area contributed by atoms with Crippen molar-refractivity contribution in [1.29, 1.82) is 0 Å². The average Bonchev–Trinajstić information content (AvgIpc) is 3.11. The summed E-state index contributed by atoms with van der Waals surface area (Å²) in [6.45, 7) is 0.863. The molecule has 1 amide bonds. The van der Waals surface area contributed by atoms with Gasteiger partial charge in [-0.1, -0.05) is 18.2 Å². The minimum absolute atomic E-state index is 0.0647. The van der Waals surface area contributed by atoms with Gasteiger partial charge in [0.15, 0.2) is 0 Å². The van der Waals surface area contributed by atoms with E-state index in [0.717, 1.165) is 17.3 Å². The van der Waals surface area contributed by atoms with Crippen LogP contribution in [0.3, 0.4) is 0 Å². The van der Waals surface area contributed by atoms with Crippen LogP contribution in [0.25, 0.3) is 0 Å². The number of furan rings is 1. The lowest BCUT2D eigenvalue weighted by atomic mass is 10.2. The first-order valence-electron chi connectivity index (χ1n) is 8.36. The smallest absolute Gasteiger partial charge is 0.232 e. The summed E-state index contributed by atoms with van der Waals surface area (Å²) in [6.07, 6.45) is 3.58. The second-order valence-corrected chi connectivity index (χ2v) is 8.77. The zero-order valence-corrected chi connectivity index (χ0v) is 16.4. The molecule has 6 nitrogen and oxygen atoms in total. The molecular weight excluding hydrogens is 372 g/mol. The lowest BCUT2D eigenvalue weighted by Gasteiger charge is -2.22. The lowest BCUT2D eigenvalue weighted by Crippen LogP contribution is -2.32. The number of hydrogen-bond acceptors (Lipinski definition) is 5. The van der Waals surface area contributed by atoms with Crippen molar-refractivity contribution >= 4 is 33.4 Å². The summed E-state index contributed by atoms with van der Waals surface area (Å²) in [5, 5.41) is 2.86. The number of thioether (sulfide) groups is 1. The first kappa shape index (κ1) is 20.4. The summed E-state index contributed by atoms with van der Waals surface area (Å²) in [7, 11) is -3.37. The van der Waals surface area contributed by atoms with E-state index >= 15 is 0 Å². The summed E-state index contributed by atoms with van der Waals surface area (Å²) in [5.41, 5.74) is 0.615. The van der Waals surface area contributed by atoms with E-state index in [1.54, 1.807) is 42.3 Å². The molecule has 0 radical (unpaired) electrons. The van der Waals surface area contributed by atoms with Crippen molar-refractivity contribution in [1.82, 2.24) is 5.32 Å². The molecule has 0 aliphatic rings. The minimum Gasteiger partial charge on any atom is -0.468 e. The third-order valence-corrected chi connectivity index (χ3v) is 5.78. The minimum atomic E-state index is -3.37. The predicted molar refractivity (Wildman–Crippen MR) is 106 cm³/mol. The fourth-order valence-electron chi connectivity index (χ4n) is 2.38. The summed E-state index contributed by atoms with van der Waals surface area (Å²) < 4.78 is 30.5. The van der Waals surface area contributed by atoms with Crippen LogP contribution in [0.4, 0.5) is 5.69 Å². The molecule has 0 aliphatic heterocycles. The number of carbonyl (C=O) groups excluding carboxylic acids is 1. The van der Waals surface area contributed by atoms with Crippen LogP contribution < -0.4 is 9.62 Å². The third kappa shape index (κ3) is 7.13. The number of para-hydroxylation sites is 1. The molecule has 0 unspecified atom stereocenters. The molecule has 1 aromatic heterocycles. The highest BCUT2D eigenvalue weighted by molar-refractivity contribution is 7.98. The van der Waals surface area contributed by atoms with Crippen LogP contribution in [0.5, 0.6) is 0 Å². The number of benzene rings is 1. The van der Waals surface area contributed by atoms with Gasteiger partial charge in [-0.05, 0) is 30.7 Å². The van der Waals surface area contributed by atoms with Crippen LogP contribution >= 0.6 is 11.8 Å². The molecule has 8 heteroatoms. The molecule has 0 saturated heterocycles. The molecule has 2 aromatic rings. The molecule has 0 atom stereocenters. The molecule has 142 valence electrons. The summed E-state index contributed by atoms with van der Waals surface area (Å²) >= 11 is 1.69. The molecule has 0 saturated carbocycles. The monoisotopic (exact) mass is 396 g/mol. The number of nitrogens with zero attached hydrogens (tertiary/aromatic N) is 1. The second-order valence-electron chi connectivity index (χ2n) is 5.76. The summed E-state index contributed by atoms with van der Waals surface area (Å²) in [4.78, 5) is 11.9. The molecule has 0 fully saturated rings. The van der Waals surface area contributed by atoms with Gasteiger partial charge in [-0.25, -0.2) is 8.42 Å². The molecular formula is C18H24N2O4S2. The maximum atomic E-state index is 12.0. The Hall–Kier alpha value is -1.93. The van der Waals surface area contributed by atoms with Gasteiger partial charge in [0.05, 0.1) is 24.0 Å². The predicted octanol–water partition coefficient (Wildman–Crippen LogP) is 2.88. The highest BCUT2D eigenvalue weighted by Crippen LogP contribution is 2.17. The highest BCUT2D eigenvalue weighted by atomic mass is 32.2. The van der Waals surface area contributed by atoms with E-state index in [-0.39, 0.29) is 12.5 Å². The number of nitrogens with one attached hydrogen (secondary N) is 1. The Morgan fingerprint density at radius 1 is 1.19 bits per heavy atom. The molecule has 1 heterocycles. The van der Waals surface area contributed by atoms with E-state index in [1.807, 2.05) is 18.2 Å². The molecule has 0 aliphatic carbocycles. The van der Waals surface area contributed by atoms with Crippen molar-refractivity contribution in [3.05, 3.63) is 54.5 Å². The van der Waals surface area contributed by atoms with Gasteiger partial charge in [0.2, 0.25) is 15.9 Å². The fourth-order valence-corrected chi connectivity index (χ4v) is 4.10. The standard InChI is InChI=1S/C18H24N2O4S2/c1-26(22,23)20(16-7-3-2-4-8-16)12-5-10-18(21)19-11-14-25-15-17-9-6-13-24-17/h2-4,6-9,13H,5,10-12,14-15H2,1H3,(H,19,21). The van der Waals surface area contributed by atoms with Gasteiger partial charge in [-0.3, -0.25) is 9.10 Å². The Morgan fingerprint density at radius 2 is 1.96 bits per heavy atom. The Labute approximate surface area is 159 Å². The van der Waals surface area contributed by atoms with Crippen LogP contribution in [-0.2, 0) is 20.6 Å². The van der Waals surface area contributed by atoms with E-state index in [9.17, 15) is 13.2 Å². The molecule has 2 rings (SSSR count). The molecule has 0 bridgehead atoms. The van der Waals surface area contributed by atoms with Gasteiger partial charge in [-0.2, -0.15) is 11.8 Å². The van der Waals surface area contributed by atoms with Gasteiger partial charge in [0.25, 0.3) is 0 Å². The van der Waals surface area contributed by atoms with E-state index in [4.69, 9.17) is 4.42 Å². The van der Waals surface area contributed by atoms with Crippen molar-refractivity contribution in [2.24, 2.45) is 0 Å². The Morgan fingerprint density at radius 3 is 2.62 bits per heavy atom. The van der Waals surface area contributed by atoms with E-state index in [2.05, 4.69) is 5.32 Å². The van der Waals surface area contributed by atoms with Crippen LogP contribution in [0, 0.1) is 0 Å². The van der Waals surface area contributed by atoms with Crippen molar-refractivity contribution in [2.45, 2.75) is 18.6 Å². The topological polar surface area (TPSA) is 79.6 Å². The van der Waals surface area contributed by atoms with Gasteiger partial charge in [0.1, 0.15) is 5.76 Å². The zero-order chi connectivity index (χ0) is 18.8. The van der Waals surface area contributed by atoms with Crippen molar-refractivity contribution in [3.63, 3.8) is 0 Å². The van der Waals surface area contributed by atoms with Gasteiger partial charge in [-0.15, -0.1) is 0 Å². The number of carbonyl (C=O) groups is 1. The average molecular weight is 397 g/mol. The number of anilines is 1. The number of sulfonamides is 1. The zero-order valence-electron chi connectivity index (χ0n) is 14.8. The first-order valence-corrected chi connectivity index (χ1v) is 11.4. The Balaban J connectivity index is 1.66. The second kappa shape index (κ2) is 10.3. The lowest BCUT2D eigenvalue weighted by molar-refractivity contribution is -0.121. The largest absolute Gasteiger partial charge is 0.468 e. The summed E-state index contributed by atoms with van der Waals surface area (Å²) in [6, 6.07) is 12.7. The van der Waals surface area contributed by atoms with Gasteiger partial charge >= 0.3 is 0 Å². The number of hydrogen-bond donors (Lipinski definition) is 1. The molecule has 1 aromatic carbocycles. The fraction of sp³-hybridized carbons (Fsp3) is 0.389. The van der Waals surface area contributed by atoms with Crippen LogP contribution in [0.2, 0.25) is 0 Å². The van der Waals surface area contributed by atoms with Crippen LogP contribution in [-0.4, -0.2) is 39.4 Å². The SMILES string of the molecule is CS(=O)(=O)N(CCCC(=O)NCCSCc1ccco1)c1ccccc1. The Bertz CT molecular complexity index is 762.